The molecular weight excluding hydrogens is 192 g/mol. The van der Waals surface area contributed by atoms with Crippen molar-refractivity contribution in [2.24, 2.45) is 11.8 Å². The molecule has 3 rings (SSSR count). The average Bonchev–Trinajstić information content (AvgIpc) is 2.12. The lowest BCUT2D eigenvalue weighted by Gasteiger charge is -2.49. The summed E-state index contributed by atoms with van der Waals surface area (Å²) in [5.41, 5.74) is -0.402. The van der Waals surface area contributed by atoms with Crippen LogP contribution >= 0.6 is 0 Å². The number of rotatable bonds is 1. The van der Waals surface area contributed by atoms with Crippen molar-refractivity contribution in [1.82, 2.24) is 10.6 Å². The van der Waals surface area contributed by atoms with Crippen molar-refractivity contribution >= 4 is 6.09 Å². The lowest BCUT2D eigenvalue weighted by atomic mass is 9.67. The topological polar surface area (TPSA) is 50.4 Å². The Labute approximate surface area is 90.8 Å². The molecule has 0 aromatic heterocycles. The molecule has 86 valence electrons. The monoisotopic (exact) mass is 212 g/mol. The Hall–Kier alpha value is -0.770. The van der Waals surface area contributed by atoms with Crippen LogP contribution in [0.15, 0.2) is 0 Å². The second-order valence-electron chi connectivity index (χ2n) is 5.59. The van der Waals surface area contributed by atoms with Gasteiger partial charge in [0.1, 0.15) is 5.60 Å². The summed E-state index contributed by atoms with van der Waals surface area (Å²) in [5.74, 6) is 1.22. The third-order valence-corrected chi connectivity index (χ3v) is 3.12. The molecule has 1 saturated carbocycles. The normalized spacial score (nSPS) is 34.2. The lowest BCUT2D eigenvalue weighted by Crippen LogP contribution is -2.63. The van der Waals surface area contributed by atoms with E-state index in [1.54, 1.807) is 0 Å². The van der Waals surface area contributed by atoms with E-state index >= 15 is 0 Å². The van der Waals surface area contributed by atoms with Gasteiger partial charge in [0.05, 0.1) is 0 Å². The van der Waals surface area contributed by atoms with Gasteiger partial charge < -0.3 is 15.4 Å². The second kappa shape index (κ2) is 3.67. The number of ether oxygens (including phenoxy) is 1. The summed E-state index contributed by atoms with van der Waals surface area (Å²) in [4.78, 5) is 11.5. The van der Waals surface area contributed by atoms with Gasteiger partial charge in [0, 0.05) is 6.04 Å². The molecule has 15 heavy (non-hydrogen) atoms. The average molecular weight is 212 g/mol. The third-order valence-electron chi connectivity index (χ3n) is 3.12. The van der Waals surface area contributed by atoms with Crippen molar-refractivity contribution in [3.05, 3.63) is 0 Å². The van der Waals surface area contributed by atoms with E-state index in [1.165, 1.54) is 6.42 Å². The molecule has 2 bridgehead atoms. The van der Waals surface area contributed by atoms with Crippen molar-refractivity contribution in [2.75, 3.05) is 13.1 Å². The lowest BCUT2D eigenvalue weighted by molar-refractivity contribution is 0.0236. The van der Waals surface area contributed by atoms with Gasteiger partial charge >= 0.3 is 6.09 Å². The van der Waals surface area contributed by atoms with Crippen LogP contribution in [0.2, 0.25) is 0 Å². The number of fused-ring (bicyclic) bond motifs is 2. The van der Waals surface area contributed by atoms with Crippen molar-refractivity contribution in [3.63, 3.8) is 0 Å². The standard InChI is InChI=1S/C11H20N2O2/c1-11(2,3)15-10(14)13-9-7-4-8(9)6-12-5-7/h7-9,12H,4-6H2,1-3H3,(H,13,14)/t7-,8-/m0/s1. The quantitative estimate of drug-likeness (QED) is 0.685. The maximum Gasteiger partial charge on any atom is 0.407 e. The highest BCUT2D eigenvalue weighted by Gasteiger charge is 2.44. The van der Waals surface area contributed by atoms with Gasteiger partial charge in [-0.3, -0.25) is 0 Å². The van der Waals surface area contributed by atoms with E-state index in [4.69, 9.17) is 4.74 Å². The third kappa shape index (κ3) is 2.43. The Morgan fingerprint density at radius 1 is 1.33 bits per heavy atom. The molecule has 1 amide bonds. The SMILES string of the molecule is CC(C)(C)OC(=O)NC1[C@@H]2CNC[C@@H]1C2. The number of amides is 1. The first-order valence-electron chi connectivity index (χ1n) is 5.66. The van der Waals surface area contributed by atoms with E-state index < -0.39 is 5.60 Å². The summed E-state index contributed by atoms with van der Waals surface area (Å²) in [6, 6.07) is 0.334. The maximum atomic E-state index is 11.5. The fourth-order valence-electron chi connectivity index (χ4n) is 2.43. The van der Waals surface area contributed by atoms with Gasteiger partial charge in [0.25, 0.3) is 0 Å². The zero-order valence-corrected chi connectivity index (χ0v) is 9.67. The van der Waals surface area contributed by atoms with Crippen LogP contribution in [0.3, 0.4) is 0 Å². The van der Waals surface area contributed by atoms with Crippen LogP contribution in [0.5, 0.6) is 0 Å². The summed E-state index contributed by atoms with van der Waals surface area (Å²) in [7, 11) is 0. The predicted octanol–water partition coefficient (Wildman–Crippen LogP) is 1.12. The molecule has 4 nitrogen and oxygen atoms in total. The van der Waals surface area contributed by atoms with Crippen molar-refractivity contribution in [1.29, 1.82) is 0 Å². The molecule has 4 heteroatoms. The van der Waals surface area contributed by atoms with Crippen LogP contribution in [0.25, 0.3) is 0 Å². The zero-order valence-electron chi connectivity index (χ0n) is 9.67. The molecule has 0 radical (unpaired) electrons. The summed E-state index contributed by atoms with van der Waals surface area (Å²) in [5, 5.41) is 6.32. The molecule has 3 fully saturated rings. The van der Waals surface area contributed by atoms with Crippen molar-refractivity contribution in [2.45, 2.75) is 38.8 Å². The Morgan fingerprint density at radius 3 is 2.40 bits per heavy atom. The first kappa shape index (κ1) is 10.7. The summed E-state index contributed by atoms with van der Waals surface area (Å²) in [6.07, 6.45) is 0.970. The van der Waals surface area contributed by atoms with Crippen LogP contribution in [0, 0.1) is 11.8 Å². The molecule has 2 aliphatic heterocycles. The van der Waals surface area contributed by atoms with Gasteiger partial charge in [0.15, 0.2) is 0 Å². The maximum absolute atomic E-state index is 11.5. The van der Waals surface area contributed by atoms with Gasteiger partial charge in [-0.2, -0.15) is 0 Å². The molecule has 0 aromatic rings. The van der Waals surface area contributed by atoms with Gasteiger partial charge in [-0.15, -0.1) is 0 Å². The van der Waals surface area contributed by atoms with E-state index in [-0.39, 0.29) is 6.09 Å². The van der Waals surface area contributed by atoms with Crippen LogP contribution in [0.1, 0.15) is 27.2 Å². The molecule has 2 N–H and O–H groups in total. The molecule has 0 aromatic carbocycles. The number of hydrogen-bond donors (Lipinski definition) is 2. The molecule has 1 aliphatic carbocycles. The number of alkyl carbamates (subject to hydrolysis) is 1. The Morgan fingerprint density at radius 2 is 1.93 bits per heavy atom. The molecule has 0 unspecified atom stereocenters. The smallest absolute Gasteiger partial charge is 0.407 e. The molecule has 2 saturated heterocycles. The number of carbonyl (C=O) groups is 1. The first-order chi connectivity index (χ1) is 6.96. The highest BCUT2D eigenvalue weighted by atomic mass is 16.6. The summed E-state index contributed by atoms with van der Waals surface area (Å²) < 4.78 is 5.24. The Bertz CT molecular complexity index is 246. The minimum Gasteiger partial charge on any atom is -0.444 e. The van der Waals surface area contributed by atoms with Crippen molar-refractivity contribution < 1.29 is 9.53 Å². The molecule has 2 heterocycles. The highest BCUT2D eigenvalue weighted by molar-refractivity contribution is 5.68. The van der Waals surface area contributed by atoms with Gasteiger partial charge in [0.2, 0.25) is 0 Å². The first-order valence-corrected chi connectivity index (χ1v) is 5.66. The molecule has 2 atom stereocenters. The van der Waals surface area contributed by atoms with E-state index in [1.807, 2.05) is 20.8 Å². The second-order valence-corrected chi connectivity index (χ2v) is 5.59. The number of hydrogen-bond acceptors (Lipinski definition) is 3. The minimum absolute atomic E-state index is 0.274. The van der Waals surface area contributed by atoms with Crippen LogP contribution < -0.4 is 10.6 Å². The predicted molar refractivity (Wildman–Crippen MR) is 57.6 cm³/mol. The minimum atomic E-state index is -0.402. The Kier molecular flexibility index (Phi) is 2.63. The highest BCUT2D eigenvalue weighted by Crippen LogP contribution is 2.36. The fraction of sp³-hybridized carbons (Fsp3) is 0.909. The molecule has 0 spiro atoms. The number of carbonyl (C=O) groups excluding carboxylic acids is 1. The van der Waals surface area contributed by atoms with Crippen molar-refractivity contribution in [3.8, 4) is 0 Å². The Balaban J connectivity index is 1.80. The van der Waals surface area contributed by atoms with E-state index in [0.717, 1.165) is 13.1 Å². The largest absolute Gasteiger partial charge is 0.444 e. The van der Waals surface area contributed by atoms with E-state index in [2.05, 4.69) is 10.6 Å². The summed E-state index contributed by atoms with van der Waals surface area (Å²) in [6.45, 7) is 7.70. The summed E-state index contributed by atoms with van der Waals surface area (Å²) >= 11 is 0. The van der Waals surface area contributed by atoms with Crippen LogP contribution in [-0.2, 0) is 4.74 Å². The van der Waals surface area contributed by atoms with Gasteiger partial charge in [-0.05, 0) is 52.1 Å². The number of nitrogens with one attached hydrogen (secondary N) is 2. The fourth-order valence-corrected chi connectivity index (χ4v) is 2.43. The van der Waals surface area contributed by atoms with Gasteiger partial charge in [-0.25, -0.2) is 4.79 Å². The molecular formula is C11H20N2O2. The van der Waals surface area contributed by atoms with E-state index in [9.17, 15) is 4.79 Å². The van der Waals surface area contributed by atoms with E-state index in [0.29, 0.717) is 17.9 Å². The molecule has 3 aliphatic rings. The van der Waals surface area contributed by atoms with Crippen LogP contribution in [0.4, 0.5) is 4.79 Å². The number of piperidine rings is 2. The van der Waals surface area contributed by atoms with Crippen LogP contribution in [-0.4, -0.2) is 30.8 Å². The van der Waals surface area contributed by atoms with Gasteiger partial charge in [-0.1, -0.05) is 0 Å². The zero-order chi connectivity index (χ0) is 11.1.